The van der Waals surface area contributed by atoms with Gasteiger partial charge in [-0.25, -0.2) is 0 Å². The molecule has 4 nitrogen and oxygen atoms in total. The lowest BCUT2D eigenvalue weighted by Crippen LogP contribution is -2.53. The van der Waals surface area contributed by atoms with Gasteiger partial charge in [0.15, 0.2) is 0 Å². The van der Waals surface area contributed by atoms with Crippen LogP contribution in [0.15, 0.2) is 53.5 Å². The lowest BCUT2D eigenvalue weighted by molar-refractivity contribution is 0.403. The van der Waals surface area contributed by atoms with Crippen LogP contribution >= 0.6 is 0 Å². The van der Waals surface area contributed by atoms with Gasteiger partial charge in [0.05, 0.1) is 23.5 Å². The zero-order chi connectivity index (χ0) is 16.4. The van der Waals surface area contributed by atoms with Crippen molar-refractivity contribution in [1.82, 2.24) is 0 Å². The average Bonchev–Trinajstić information content (AvgIpc) is 2.62. The van der Waals surface area contributed by atoms with Crippen LogP contribution in [0.3, 0.4) is 0 Å². The van der Waals surface area contributed by atoms with Crippen LogP contribution in [-0.4, -0.2) is 11.4 Å². The molecule has 0 bridgehead atoms. The Labute approximate surface area is 143 Å². The maximum Gasteiger partial charge on any atom is 0.127 e. The van der Waals surface area contributed by atoms with Gasteiger partial charge in [0.25, 0.3) is 0 Å². The number of benzene rings is 2. The average molecular weight is 320 g/mol. The molecule has 1 spiro atoms. The number of hydrogen-bond donors (Lipinski definition) is 3. The summed E-state index contributed by atoms with van der Waals surface area (Å²) in [6.45, 7) is 0.612. The Morgan fingerprint density at radius 3 is 2.42 bits per heavy atom. The summed E-state index contributed by atoms with van der Waals surface area (Å²) in [6, 6.07) is 16.4. The molecular formula is C20H24N4. The molecule has 4 N–H and O–H groups in total. The van der Waals surface area contributed by atoms with E-state index in [-0.39, 0.29) is 5.54 Å². The molecule has 0 unspecified atom stereocenters. The van der Waals surface area contributed by atoms with E-state index in [1.807, 2.05) is 18.2 Å². The smallest absolute Gasteiger partial charge is 0.127 e. The summed E-state index contributed by atoms with van der Waals surface area (Å²) >= 11 is 0. The highest BCUT2D eigenvalue weighted by molar-refractivity contribution is 6.09. The van der Waals surface area contributed by atoms with Gasteiger partial charge in [-0.3, -0.25) is 4.99 Å². The Bertz CT molecular complexity index is 760. The molecule has 0 saturated heterocycles. The van der Waals surface area contributed by atoms with Gasteiger partial charge in [-0.15, -0.1) is 0 Å². The second kappa shape index (κ2) is 6.19. The maximum absolute atomic E-state index is 6.08. The molecule has 4 heteroatoms. The van der Waals surface area contributed by atoms with Gasteiger partial charge in [-0.05, 0) is 36.6 Å². The first-order chi connectivity index (χ1) is 11.8. The molecule has 4 rings (SSSR count). The minimum atomic E-state index is -0.0594. The van der Waals surface area contributed by atoms with E-state index >= 15 is 0 Å². The second-order valence-corrected chi connectivity index (χ2v) is 6.80. The zero-order valence-corrected chi connectivity index (χ0v) is 13.9. The summed E-state index contributed by atoms with van der Waals surface area (Å²) in [4.78, 5) is 4.95. The quantitative estimate of drug-likeness (QED) is 0.718. The molecule has 0 aromatic heterocycles. The van der Waals surface area contributed by atoms with Gasteiger partial charge in [0.1, 0.15) is 5.84 Å². The lowest BCUT2D eigenvalue weighted by Gasteiger charge is -2.44. The number of nitrogen functional groups attached to an aromatic ring is 1. The second-order valence-electron chi connectivity index (χ2n) is 6.80. The van der Waals surface area contributed by atoms with Crippen molar-refractivity contribution in [3.05, 3.63) is 54.1 Å². The van der Waals surface area contributed by atoms with Crippen molar-refractivity contribution in [3.63, 3.8) is 0 Å². The molecule has 1 fully saturated rings. The molecule has 1 heterocycles. The summed E-state index contributed by atoms with van der Waals surface area (Å²) in [5.74, 6) is 1.06. The van der Waals surface area contributed by atoms with Crippen LogP contribution in [0.25, 0.3) is 0 Å². The van der Waals surface area contributed by atoms with E-state index < -0.39 is 0 Å². The van der Waals surface area contributed by atoms with Crippen LogP contribution in [-0.2, 0) is 6.54 Å². The van der Waals surface area contributed by atoms with Crippen LogP contribution in [0, 0.1) is 0 Å². The van der Waals surface area contributed by atoms with Gasteiger partial charge in [0.2, 0.25) is 0 Å². The SMILES string of the molecule is Nc1ccccc1CN=C1Nc2ccccc2NC12CCCCC2. The predicted octanol–water partition coefficient (Wildman–Crippen LogP) is 4.41. The molecule has 1 aliphatic carbocycles. The summed E-state index contributed by atoms with van der Waals surface area (Å²) in [5, 5.41) is 7.38. The minimum Gasteiger partial charge on any atom is -0.398 e. The molecule has 1 aliphatic heterocycles. The summed E-state index contributed by atoms with van der Waals surface area (Å²) in [5.41, 5.74) is 10.2. The van der Waals surface area contributed by atoms with Crippen molar-refractivity contribution in [1.29, 1.82) is 0 Å². The molecule has 2 aromatic rings. The van der Waals surface area contributed by atoms with E-state index in [1.54, 1.807) is 0 Å². The number of anilines is 3. The Balaban J connectivity index is 1.68. The first-order valence-corrected chi connectivity index (χ1v) is 8.79. The maximum atomic E-state index is 6.08. The molecule has 24 heavy (non-hydrogen) atoms. The third kappa shape index (κ3) is 2.73. The number of nitrogens with one attached hydrogen (secondary N) is 2. The number of nitrogens with two attached hydrogens (primary N) is 1. The van der Waals surface area contributed by atoms with E-state index in [1.165, 1.54) is 24.9 Å². The van der Waals surface area contributed by atoms with E-state index in [0.717, 1.165) is 35.6 Å². The minimum absolute atomic E-state index is 0.0594. The fraction of sp³-hybridized carbons (Fsp3) is 0.350. The third-order valence-corrected chi connectivity index (χ3v) is 5.18. The highest BCUT2D eigenvalue weighted by Gasteiger charge is 2.40. The predicted molar refractivity (Wildman–Crippen MR) is 101 cm³/mol. The van der Waals surface area contributed by atoms with Crippen LogP contribution in [0.2, 0.25) is 0 Å². The van der Waals surface area contributed by atoms with E-state index in [4.69, 9.17) is 10.7 Å². The molecule has 2 aliphatic rings. The zero-order valence-electron chi connectivity index (χ0n) is 13.9. The van der Waals surface area contributed by atoms with Gasteiger partial charge >= 0.3 is 0 Å². The monoisotopic (exact) mass is 320 g/mol. The number of rotatable bonds is 2. The molecule has 0 amide bonds. The Morgan fingerprint density at radius 2 is 1.62 bits per heavy atom. The van der Waals surface area contributed by atoms with Gasteiger partial charge in [-0.1, -0.05) is 49.6 Å². The lowest BCUT2D eigenvalue weighted by atomic mass is 9.79. The van der Waals surface area contributed by atoms with Crippen LogP contribution in [0.1, 0.15) is 37.7 Å². The largest absolute Gasteiger partial charge is 0.398 e. The molecule has 0 atom stereocenters. The molecule has 0 radical (unpaired) electrons. The highest BCUT2D eigenvalue weighted by Crippen LogP contribution is 2.39. The van der Waals surface area contributed by atoms with E-state index in [2.05, 4.69) is 41.0 Å². The Hall–Kier alpha value is -2.49. The summed E-state index contributed by atoms with van der Waals surface area (Å²) < 4.78 is 0. The topological polar surface area (TPSA) is 62.4 Å². The normalized spacial score (nSPS) is 20.2. The molecule has 1 saturated carbocycles. The first-order valence-electron chi connectivity index (χ1n) is 8.79. The van der Waals surface area contributed by atoms with Crippen molar-refractivity contribution in [2.24, 2.45) is 4.99 Å². The van der Waals surface area contributed by atoms with Crippen LogP contribution in [0.4, 0.5) is 17.1 Å². The fourth-order valence-corrected chi connectivity index (χ4v) is 3.82. The van der Waals surface area contributed by atoms with Gasteiger partial charge in [-0.2, -0.15) is 0 Å². The third-order valence-electron chi connectivity index (χ3n) is 5.18. The number of aliphatic imine (C=N–C) groups is 1. The van der Waals surface area contributed by atoms with Crippen molar-refractivity contribution >= 4 is 22.9 Å². The molecular weight excluding hydrogens is 296 g/mol. The first kappa shape index (κ1) is 15.1. The van der Waals surface area contributed by atoms with Gasteiger partial charge < -0.3 is 16.4 Å². The van der Waals surface area contributed by atoms with E-state index in [9.17, 15) is 0 Å². The Kier molecular flexibility index (Phi) is 3.89. The van der Waals surface area contributed by atoms with Crippen LogP contribution < -0.4 is 16.4 Å². The number of para-hydroxylation sites is 3. The summed E-state index contributed by atoms with van der Waals surface area (Å²) in [6.07, 6.45) is 6.03. The highest BCUT2D eigenvalue weighted by atomic mass is 15.2. The van der Waals surface area contributed by atoms with E-state index in [0.29, 0.717) is 6.54 Å². The van der Waals surface area contributed by atoms with Crippen molar-refractivity contribution in [3.8, 4) is 0 Å². The van der Waals surface area contributed by atoms with Gasteiger partial charge in [0, 0.05) is 5.69 Å². The number of hydrogen-bond acceptors (Lipinski definition) is 3. The number of fused-ring (bicyclic) bond motifs is 1. The number of amidine groups is 1. The Morgan fingerprint density at radius 1 is 0.917 bits per heavy atom. The molecule has 124 valence electrons. The fourth-order valence-electron chi connectivity index (χ4n) is 3.82. The summed E-state index contributed by atoms with van der Waals surface area (Å²) in [7, 11) is 0. The van der Waals surface area contributed by atoms with Crippen LogP contribution in [0.5, 0.6) is 0 Å². The van der Waals surface area contributed by atoms with Crippen molar-refractivity contribution in [2.45, 2.75) is 44.2 Å². The standard InChI is InChI=1S/C20H24N4/c21-16-9-3-2-8-15(16)14-22-19-20(12-6-1-7-13-20)24-18-11-5-4-10-17(18)23-19/h2-5,8-11,24H,1,6-7,12-14,21H2,(H,22,23). The van der Waals surface area contributed by atoms with Crippen molar-refractivity contribution in [2.75, 3.05) is 16.4 Å². The van der Waals surface area contributed by atoms with Crippen molar-refractivity contribution < 1.29 is 0 Å². The molecule has 2 aromatic carbocycles. The number of nitrogens with zero attached hydrogens (tertiary/aromatic N) is 1.